The minimum atomic E-state index is 0.126. The third-order valence-electron chi connectivity index (χ3n) is 4.56. The number of rotatable bonds is 5. The summed E-state index contributed by atoms with van der Waals surface area (Å²) in [7, 11) is 1.66. The summed E-state index contributed by atoms with van der Waals surface area (Å²) in [5, 5.41) is 9.40. The number of thioether (sulfide) groups is 1. The highest BCUT2D eigenvalue weighted by Gasteiger charge is 2.27. The van der Waals surface area contributed by atoms with Gasteiger partial charge in [0.1, 0.15) is 5.75 Å². The molecule has 4 rings (SSSR count). The van der Waals surface area contributed by atoms with E-state index in [9.17, 15) is 4.79 Å². The molecule has 2 aliphatic heterocycles. The Kier molecular flexibility index (Phi) is 4.98. The first-order valence-corrected chi connectivity index (χ1v) is 9.58. The lowest BCUT2D eigenvalue weighted by Gasteiger charge is -2.26. The van der Waals surface area contributed by atoms with E-state index in [0.29, 0.717) is 32.1 Å². The van der Waals surface area contributed by atoms with Crippen LogP contribution in [0.1, 0.15) is 0 Å². The van der Waals surface area contributed by atoms with Crippen LogP contribution in [0.2, 0.25) is 0 Å². The van der Waals surface area contributed by atoms with Crippen LogP contribution >= 0.6 is 11.8 Å². The number of carbonyl (C=O) groups is 1. The Balaban J connectivity index is 1.42. The lowest BCUT2D eigenvalue weighted by Crippen LogP contribution is -2.41. The smallest absolute Gasteiger partial charge is 0.233 e. The van der Waals surface area contributed by atoms with Crippen molar-refractivity contribution >= 4 is 29.3 Å². The van der Waals surface area contributed by atoms with Gasteiger partial charge in [-0.05, 0) is 24.3 Å². The molecule has 2 aliphatic rings. The Hall–Kier alpha value is -2.26. The van der Waals surface area contributed by atoms with E-state index in [-0.39, 0.29) is 5.91 Å². The zero-order valence-electron chi connectivity index (χ0n) is 14.6. The summed E-state index contributed by atoms with van der Waals surface area (Å²) in [6.45, 7) is 4.22. The van der Waals surface area contributed by atoms with Crippen molar-refractivity contribution < 1.29 is 14.3 Å². The van der Waals surface area contributed by atoms with Crippen molar-refractivity contribution in [2.75, 3.05) is 50.6 Å². The summed E-state index contributed by atoms with van der Waals surface area (Å²) >= 11 is 1.45. The second kappa shape index (κ2) is 7.55. The van der Waals surface area contributed by atoms with Gasteiger partial charge in [0.2, 0.25) is 11.9 Å². The van der Waals surface area contributed by atoms with Crippen molar-refractivity contribution in [3.8, 4) is 5.75 Å². The number of methoxy groups -OCH3 is 1. The molecule has 0 unspecified atom stereocenters. The summed E-state index contributed by atoms with van der Waals surface area (Å²) in [6, 6.07) is 7.89. The molecular weight excluding hydrogens is 354 g/mol. The second-order valence-corrected chi connectivity index (χ2v) is 7.01. The number of benzene rings is 1. The summed E-state index contributed by atoms with van der Waals surface area (Å²) in [5.41, 5.74) is 1.05. The molecule has 1 saturated heterocycles. The topological polar surface area (TPSA) is 72.7 Å². The molecule has 1 aromatic heterocycles. The number of carbonyl (C=O) groups excluding carboxylic acids is 1. The van der Waals surface area contributed by atoms with Crippen molar-refractivity contribution in [3.05, 3.63) is 24.3 Å². The molecule has 0 N–H and O–H groups in total. The van der Waals surface area contributed by atoms with Crippen LogP contribution < -0.4 is 9.64 Å². The fourth-order valence-corrected chi connectivity index (χ4v) is 3.98. The summed E-state index contributed by atoms with van der Waals surface area (Å²) in [4.78, 5) is 16.3. The predicted octanol–water partition coefficient (Wildman–Crippen LogP) is 1.39. The van der Waals surface area contributed by atoms with Crippen molar-refractivity contribution in [1.82, 2.24) is 19.7 Å². The van der Waals surface area contributed by atoms with Gasteiger partial charge in [0.15, 0.2) is 5.16 Å². The molecule has 2 aromatic rings. The first-order valence-electron chi connectivity index (χ1n) is 8.59. The second-order valence-electron chi connectivity index (χ2n) is 6.07. The van der Waals surface area contributed by atoms with Crippen molar-refractivity contribution in [1.29, 1.82) is 0 Å². The standard InChI is InChI=1S/C17H21N5O3S/c1-24-14-4-2-13(3-5-14)21-6-7-22-16(21)18-19-17(22)26-12-15(23)20-8-10-25-11-9-20/h2-5H,6-12H2,1H3. The van der Waals surface area contributed by atoms with Gasteiger partial charge in [-0.1, -0.05) is 11.8 Å². The van der Waals surface area contributed by atoms with E-state index in [4.69, 9.17) is 9.47 Å². The maximum absolute atomic E-state index is 12.3. The molecule has 26 heavy (non-hydrogen) atoms. The zero-order valence-corrected chi connectivity index (χ0v) is 15.4. The van der Waals surface area contributed by atoms with Gasteiger partial charge in [0.05, 0.1) is 26.1 Å². The van der Waals surface area contributed by atoms with Crippen LogP contribution in [0.5, 0.6) is 5.75 Å². The van der Waals surface area contributed by atoms with Crippen molar-refractivity contribution in [2.45, 2.75) is 11.7 Å². The molecule has 0 saturated carbocycles. The molecule has 0 radical (unpaired) electrons. The van der Waals surface area contributed by atoms with E-state index >= 15 is 0 Å². The molecule has 3 heterocycles. The number of nitrogens with zero attached hydrogens (tertiary/aromatic N) is 5. The molecule has 1 fully saturated rings. The molecule has 0 aliphatic carbocycles. The van der Waals surface area contributed by atoms with Crippen LogP contribution in [0.4, 0.5) is 11.6 Å². The fraction of sp³-hybridized carbons (Fsp3) is 0.471. The molecule has 0 bridgehead atoms. The highest BCUT2D eigenvalue weighted by Crippen LogP contribution is 2.32. The number of morpholine rings is 1. The average molecular weight is 375 g/mol. The van der Waals surface area contributed by atoms with E-state index < -0.39 is 0 Å². The maximum atomic E-state index is 12.3. The van der Waals surface area contributed by atoms with E-state index in [1.165, 1.54) is 11.8 Å². The third kappa shape index (κ3) is 3.36. The van der Waals surface area contributed by atoms with Crippen LogP contribution in [0.3, 0.4) is 0 Å². The molecule has 0 atom stereocenters. The molecule has 0 spiro atoms. The van der Waals surface area contributed by atoms with E-state index in [1.54, 1.807) is 7.11 Å². The summed E-state index contributed by atoms with van der Waals surface area (Å²) in [6.07, 6.45) is 0. The van der Waals surface area contributed by atoms with Gasteiger partial charge in [-0.15, -0.1) is 10.2 Å². The zero-order chi connectivity index (χ0) is 17.9. The summed E-state index contributed by atoms with van der Waals surface area (Å²) < 4.78 is 12.6. The number of hydrogen-bond acceptors (Lipinski definition) is 7. The van der Waals surface area contributed by atoms with Gasteiger partial charge in [0.25, 0.3) is 0 Å². The van der Waals surface area contributed by atoms with Crippen LogP contribution in [-0.4, -0.2) is 71.3 Å². The summed E-state index contributed by atoms with van der Waals surface area (Å²) in [5.74, 6) is 2.14. The molecular formula is C17H21N5O3S. The van der Waals surface area contributed by atoms with Crippen LogP contribution in [0.15, 0.2) is 29.4 Å². The first-order chi connectivity index (χ1) is 12.8. The molecule has 1 aromatic carbocycles. The number of fused-ring (bicyclic) bond motifs is 1. The SMILES string of the molecule is COc1ccc(N2CCn3c(SCC(=O)N4CCOCC4)nnc32)cc1. The quantitative estimate of drug-likeness (QED) is 0.731. The minimum Gasteiger partial charge on any atom is -0.497 e. The van der Waals surface area contributed by atoms with E-state index in [1.807, 2.05) is 29.2 Å². The highest BCUT2D eigenvalue weighted by atomic mass is 32.2. The van der Waals surface area contributed by atoms with Gasteiger partial charge in [-0.2, -0.15) is 0 Å². The highest BCUT2D eigenvalue weighted by molar-refractivity contribution is 7.99. The number of hydrogen-bond donors (Lipinski definition) is 0. The average Bonchev–Trinajstić information content (AvgIpc) is 3.29. The van der Waals surface area contributed by atoms with Gasteiger partial charge in [-0.25, -0.2) is 0 Å². The molecule has 1 amide bonds. The lowest BCUT2D eigenvalue weighted by atomic mass is 10.3. The lowest BCUT2D eigenvalue weighted by molar-refractivity contribution is -0.132. The largest absolute Gasteiger partial charge is 0.497 e. The number of aromatic nitrogens is 3. The monoisotopic (exact) mass is 375 g/mol. The van der Waals surface area contributed by atoms with Crippen molar-refractivity contribution in [2.24, 2.45) is 0 Å². The van der Waals surface area contributed by atoms with Crippen LogP contribution in [0, 0.1) is 0 Å². The van der Waals surface area contributed by atoms with Gasteiger partial charge in [0, 0.05) is 31.9 Å². The first kappa shape index (κ1) is 17.2. The Bertz CT molecular complexity index is 773. The normalized spacial score (nSPS) is 16.7. The van der Waals surface area contributed by atoms with Gasteiger partial charge < -0.3 is 19.3 Å². The number of anilines is 2. The number of ether oxygens (including phenoxy) is 2. The predicted molar refractivity (Wildman–Crippen MR) is 98.1 cm³/mol. The maximum Gasteiger partial charge on any atom is 0.233 e. The Morgan fingerprint density at radius 1 is 1.15 bits per heavy atom. The molecule has 138 valence electrons. The third-order valence-corrected chi connectivity index (χ3v) is 5.51. The van der Waals surface area contributed by atoms with E-state index in [0.717, 1.165) is 35.6 Å². The Morgan fingerprint density at radius 3 is 2.65 bits per heavy atom. The van der Waals surface area contributed by atoms with Crippen LogP contribution in [0.25, 0.3) is 0 Å². The van der Waals surface area contributed by atoms with Crippen LogP contribution in [-0.2, 0) is 16.1 Å². The fourth-order valence-electron chi connectivity index (χ4n) is 3.12. The van der Waals surface area contributed by atoms with Gasteiger partial charge in [-0.3, -0.25) is 9.36 Å². The number of amides is 1. The van der Waals surface area contributed by atoms with E-state index in [2.05, 4.69) is 19.7 Å². The molecule has 8 nitrogen and oxygen atoms in total. The minimum absolute atomic E-state index is 0.126. The Morgan fingerprint density at radius 2 is 1.92 bits per heavy atom. The molecule has 9 heteroatoms. The van der Waals surface area contributed by atoms with Gasteiger partial charge >= 0.3 is 0 Å². The van der Waals surface area contributed by atoms with Crippen molar-refractivity contribution in [3.63, 3.8) is 0 Å². The Labute approximate surface area is 156 Å².